The molecule has 1 aromatic rings. The molecule has 5 nitrogen and oxygen atoms in total. The van der Waals surface area contributed by atoms with Crippen LogP contribution in [0.1, 0.15) is 12.0 Å². The first kappa shape index (κ1) is 12.5. The number of halogens is 1. The van der Waals surface area contributed by atoms with Crippen molar-refractivity contribution in [3.63, 3.8) is 0 Å². The highest BCUT2D eigenvalue weighted by Crippen LogP contribution is 2.19. The summed E-state index contributed by atoms with van der Waals surface area (Å²) in [4.78, 5) is 10.1. The van der Waals surface area contributed by atoms with Gasteiger partial charge in [-0.1, -0.05) is 0 Å². The van der Waals surface area contributed by atoms with Crippen LogP contribution >= 0.6 is 0 Å². The van der Waals surface area contributed by atoms with Crippen LogP contribution in [0.3, 0.4) is 0 Å². The summed E-state index contributed by atoms with van der Waals surface area (Å²) < 4.78 is 12.9. The van der Waals surface area contributed by atoms with Crippen LogP contribution < -0.4 is 11.1 Å². The van der Waals surface area contributed by atoms with Crippen molar-refractivity contribution in [2.24, 2.45) is 5.73 Å². The molecule has 0 fully saturated rings. The van der Waals surface area contributed by atoms with Crippen molar-refractivity contribution < 1.29 is 9.31 Å². The predicted molar refractivity (Wildman–Crippen MR) is 58.4 cm³/mol. The Kier molecular flexibility index (Phi) is 4.81. The smallest absolute Gasteiger partial charge is 0.274 e. The molecule has 0 saturated carbocycles. The maximum atomic E-state index is 12.9. The number of nitrogens with two attached hydrogens (primary N) is 1. The van der Waals surface area contributed by atoms with E-state index in [2.05, 4.69) is 5.32 Å². The molecule has 0 amide bonds. The Bertz CT molecular complexity index is 371. The van der Waals surface area contributed by atoms with Crippen LogP contribution in [0.2, 0.25) is 0 Å². The van der Waals surface area contributed by atoms with E-state index in [1.807, 2.05) is 0 Å². The third kappa shape index (κ3) is 3.56. The minimum Gasteiger partial charge on any atom is -0.330 e. The quantitative estimate of drug-likeness (QED) is 0.434. The van der Waals surface area contributed by atoms with Crippen LogP contribution in [0.5, 0.6) is 0 Å². The van der Waals surface area contributed by atoms with Crippen molar-refractivity contribution in [2.45, 2.75) is 13.0 Å². The molecule has 0 heterocycles. The van der Waals surface area contributed by atoms with Gasteiger partial charge in [0.25, 0.3) is 5.69 Å². The number of nitrogens with zero attached hydrogens (tertiary/aromatic N) is 1. The zero-order chi connectivity index (χ0) is 12.0. The largest absolute Gasteiger partial charge is 0.330 e. The SMILES string of the molecule is NCCCNCc1cc(F)ccc1[N+](=O)[O-]. The second-order valence-corrected chi connectivity index (χ2v) is 3.35. The normalized spacial score (nSPS) is 10.4. The molecular formula is C10H14FN3O2. The van der Waals surface area contributed by atoms with Crippen molar-refractivity contribution in [3.05, 3.63) is 39.7 Å². The highest BCUT2D eigenvalue weighted by atomic mass is 19.1. The fraction of sp³-hybridized carbons (Fsp3) is 0.400. The molecule has 0 atom stereocenters. The molecule has 1 aromatic carbocycles. The van der Waals surface area contributed by atoms with Gasteiger partial charge in [-0.2, -0.15) is 0 Å². The lowest BCUT2D eigenvalue weighted by Gasteiger charge is -2.05. The summed E-state index contributed by atoms with van der Waals surface area (Å²) in [5.74, 6) is -0.471. The summed E-state index contributed by atoms with van der Waals surface area (Å²) in [6.45, 7) is 1.48. The van der Waals surface area contributed by atoms with Gasteiger partial charge in [0.05, 0.1) is 4.92 Å². The Balaban J connectivity index is 2.68. The second-order valence-electron chi connectivity index (χ2n) is 3.35. The van der Waals surface area contributed by atoms with Gasteiger partial charge in [-0.05, 0) is 31.6 Å². The highest BCUT2D eigenvalue weighted by molar-refractivity contribution is 5.40. The van der Waals surface area contributed by atoms with E-state index < -0.39 is 10.7 Å². The molecule has 3 N–H and O–H groups in total. The first-order valence-electron chi connectivity index (χ1n) is 4.98. The van der Waals surface area contributed by atoms with Gasteiger partial charge in [-0.3, -0.25) is 10.1 Å². The second kappa shape index (κ2) is 6.14. The van der Waals surface area contributed by atoms with E-state index in [4.69, 9.17) is 5.73 Å². The minimum absolute atomic E-state index is 0.0679. The molecular weight excluding hydrogens is 213 g/mol. The lowest BCUT2D eigenvalue weighted by Crippen LogP contribution is -2.18. The van der Waals surface area contributed by atoms with Crippen molar-refractivity contribution in [1.29, 1.82) is 0 Å². The Morgan fingerprint density at radius 1 is 1.50 bits per heavy atom. The van der Waals surface area contributed by atoms with E-state index in [0.717, 1.165) is 12.5 Å². The van der Waals surface area contributed by atoms with Gasteiger partial charge >= 0.3 is 0 Å². The van der Waals surface area contributed by atoms with Crippen molar-refractivity contribution in [1.82, 2.24) is 5.32 Å². The summed E-state index contributed by atoms with van der Waals surface area (Å²) in [6, 6.07) is 3.43. The van der Waals surface area contributed by atoms with Crippen LogP contribution in [0.4, 0.5) is 10.1 Å². The number of nitro groups is 1. The lowest BCUT2D eigenvalue weighted by molar-refractivity contribution is -0.385. The average molecular weight is 227 g/mol. The molecule has 16 heavy (non-hydrogen) atoms. The Hall–Kier alpha value is -1.53. The zero-order valence-corrected chi connectivity index (χ0v) is 8.78. The van der Waals surface area contributed by atoms with Gasteiger partial charge in [0.1, 0.15) is 5.82 Å². The Morgan fingerprint density at radius 2 is 2.25 bits per heavy atom. The maximum absolute atomic E-state index is 12.9. The molecule has 0 aromatic heterocycles. The van der Waals surface area contributed by atoms with Gasteiger partial charge < -0.3 is 11.1 Å². The monoisotopic (exact) mass is 227 g/mol. The predicted octanol–water partition coefficient (Wildman–Crippen LogP) is 1.17. The average Bonchev–Trinajstić information content (AvgIpc) is 2.24. The first-order chi connectivity index (χ1) is 7.65. The fourth-order valence-corrected chi connectivity index (χ4v) is 1.32. The van der Waals surface area contributed by atoms with Gasteiger partial charge in [-0.25, -0.2) is 4.39 Å². The van der Waals surface area contributed by atoms with Gasteiger partial charge in [0.2, 0.25) is 0 Å². The number of benzene rings is 1. The van der Waals surface area contributed by atoms with Crippen LogP contribution in [0, 0.1) is 15.9 Å². The van der Waals surface area contributed by atoms with Crippen molar-refractivity contribution in [3.8, 4) is 0 Å². The number of rotatable bonds is 6. The zero-order valence-electron chi connectivity index (χ0n) is 8.78. The molecule has 0 bridgehead atoms. The summed E-state index contributed by atoms with van der Waals surface area (Å²) in [7, 11) is 0. The first-order valence-corrected chi connectivity index (χ1v) is 4.98. The molecule has 0 spiro atoms. The Morgan fingerprint density at radius 3 is 2.88 bits per heavy atom. The summed E-state index contributed by atoms with van der Waals surface area (Å²) in [5, 5.41) is 13.6. The standard InChI is InChI=1S/C10H14FN3O2/c11-9-2-3-10(14(15)16)8(6-9)7-13-5-1-4-12/h2-3,6,13H,1,4-5,7,12H2. The molecule has 0 unspecified atom stereocenters. The molecule has 1 rings (SSSR count). The number of hydrogen-bond donors (Lipinski definition) is 2. The van der Waals surface area contributed by atoms with Gasteiger partial charge in [-0.15, -0.1) is 0 Å². The van der Waals surface area contributed by atoms with E-state index >= 15 is 0 Å². The summed E-state index contributed by atoms with van der Waals surface area (Å²) >= 11 is 0. The van der Waals surface area contributed by atoms with Crippen molar-refractivity contribution >= 4 is 5.69 Å². The summed E-state index contributed by atoms with van der Waals surface area (Å²) in [5.41, 5.74) is 5.58. The minimum atomic E-state index is -0.514. The van der Waals surface area contributed by atoms with E-state index in [0.29, 0.717) is 18.7 Å². The molecule has 0 radical (unpaired) electrons. The van der Waals surface area contributed by atoms with Crippen LogP contribution in [0.15, 0.2) is 18.2 Å². The maximum Gasteiger partial charge on any atom is 0.274 e. The van der Waals surface area contributed by atoms with E-state index in [1.165, 1.54) is 12.1 Å². The topological polar surface area (TPSA) is 81.2 Å². The Labute approximate surface area is 92.6 Å². The number of nitro benzene ring substituents is 1. The van der Waals surface area contributed by atoms with Gasteiger partial charge in [0, 0.05) is 18.2 Å². The highest BCUT2D eigenvalue weighted by Gasteiger charge is 2.13. The number of hydrogen-bond acceptors (Lipinski definition) is 4. The fourth-order valence-electron chi connectivity index (χ4n) is 1.32. The third-order valence-electron chi connectivity index (χ3n) is 2.11. The van der Waals surface area contributed by atoms with E-state index in [9.17, 15) is 14.5 Å². The molecule has 88 valence electrons. The van der Waals surface area contributed by atoms with E-state index in [1.54, 1.807) is 0 Å². The molecule has 0 saturated heterocycles. The molecule has 0 aliphatic heterocycles. The number of nitrogens with one attached hydrogen (secondary N) is 1. The van der Waals surface area contributed by atoms with Gasteiger partial charge in [0.15, 0.2) is 0 Å². The van der Waals surface area contributed by atoms with Crippen molar-refractivity contribution in [2.75, 3.05) is 13.1 Å². The summed E-state index contributed by atoms with van der Waals surface area (Å²) in [6.07, 6.45) is 0.781. The molecule has 6 heteroatoms. The van der Waals surface area contributed by atoms with Crippen LogP contribution in [-0.2, 0) is 6.54 Å². The molecule has 0 aliphatic carbocycles. The van der Waals surface area contributed by atoms with Crippen LogP contribution in [0.25, 0.3) is 0 Å². The van der Waals surface area contributed by atoms with Crippen LogP contribution in [-0.4, -0.2) is 18.0 Å². The third-order valence-corrected chi connectivity index (χ3v) is 2.11. The molecule has 0 aliphatic rings. The van der Waals surface area contributed by atoms with E-state index in [-0.39, 0.29) is 12.2 Å². The lowest BCUT2D eigenvalue weighted by atomic mass is 10.1.